The molecule has 1 aromatic rings. The second kappa shape index (κ2) is 5.78. The maximum absolute atomic E-state index is 14.1. The van der Waals surface area contributed by atoms with E-state index in [-0.39, 0.29) is 18.0 Å². The first-order valence-electron chi connectivity index (χ1n) is 7.67. The highest BCUT2D eigenvalue weighted by atomic mass is 19.4. The number of nitrogens with one attached hydrogen (secondary N) is 1. The maximum Gasteiger partial charge on any atom is 0.419 e. The van der Waals surface area contributed by atoms with E-state index < -0.39 is 23.0 Å². The Hall–Kier alpha value is -1.63. The van der Waals surface area contributed by atoms with Crippen molar-refractivity contribution in [2.45, 2.75) is 32.0 Å². The van der Waals surface area contributed by atoms with Gasteiger partial charge in [0.05, 0.1) is 11.0 Å². The third kappa shape index (κ3) is 3.06. The molecule has 2 saturated heterocycles. The molecule has 3 rings (SSSR count). The summed E-state index contributed by atoms with van der Waals surface area (Å²) in [6.07, 6.45) is -2.35. The van der Waals surface area contributed by atoms with Crippen molar-refractivity contribution in [2.75, 3.05) is 19.6 Å². The van der Waals surface area contributed by atoms with E-state index >= 15 is 0 Å². The molecule has 1 N–H and O–H groups in total. The van der Waals surface area contributed by atoms with Gasteiger partial charge in [-0.3, -0.25) is 9.69 Å². The van der Waals surface area contributed by atoms with Crippen molar-refractivity contribution in [1.29, 1.82) is 0 Å². The zero-order valence-electron chi connectivity index (χ0n) is 12.5. The predicted molar refractivity (Wildman–Crippen MR) is 76.0 cm³/mol. The number of alkyl halides is 3. The van der Waals surface area contributed by atoms with Gasteiger partial charge in [-0.05, 0) is 31.9 Å². The number of likely N-dealkylation sites (tertiary alicyclic amines) is 1. The molecular formula is C16H18F4N2O. The summed E-state index contributed by atoms with van der Waals surface area (Å²) in [6.45, 7) is 1.81. The molecule has 23 heavy (non-hydrogen) atoms. The summed E-state index contributed by atoms with van der Waals surface area (Å²) in [5.41, 5.74) is -1.68. The molecule has 126 valence electrons. The lowest BCUT2D eigenvalue weighted by Crippen LogP contribution is -2.47. The Morgan fingerprint density at radius 1 is 1.26 bits per heavy atom. The molecule has 2 aliphatic heterocycles. The van der Waals surface area contributed by atoms with Crippen LogP contribution in [0, 0.1) is 11.2 Å². The third-order valence-electron chi connectivity index (χ3n) is 4.81. The summed E-state index contributed by atoms with van der Waals surface area (Å²) in [4.78, 5) is 14.0. The lowest BCUT2D eigenvalue weighted by Gasteiger charge is -2.32. The molecule has 2 fully saturated rings. The Bertz CT molecular complexity index is 617. The van der Waals surface area contributed by atoms with Crippen LogP contribution in [-0.2, 0) is 17.5 Å². The van der Waals surface area contributed by atoms with Gasteiger partial charge in [0.15, 0.2) is 0 Å². The quantitative estimate of drug-likeness (QED) is 0.846. The molecule has 3 nitrogen and oxygen atoms in total. The minimum absolute atomic E-state index is 0.00997. The van der Waals surface area contributed by atoms with Crippen molar-refractivity contribution in [3.63, 3.8) is 0 Å². The predicted octanol–water partition coefficient (Wildman–Crippen LogP) is 2.95. The van der Waals surface area contributed by atoms with Gasteiger partial charge in [-0.15, -0.1) is 0 Å². The Kier molecular flexibility index (Phi) is 4.08. The Labute approximate surface area is 131 Å². The molecule has 7 heteroatoms. The standard InChI is InChI=1S/C16H18F4N2O/c17-13-11(3-1-4-12(13)16(18,19)20)9-22-8-6-15(10-22)5-2-7-21-14(15)23/h1,3-4H,2,5-10H2,(H,21,23)/t15-/m1/s1. The fraction of sp³-hybridized carbons (Fsp3) is 0.562. The number of nitrogens with zero attached hydrogens (tertiary/aromatic N) is 1. The first kappa shape index (κ1) is 16.2. The maximum atomic E-state index is 14.1. The van der Waals surface area contributed by atoms with Gasteiger partial charge in [0.2, 0.25) is 5.91 Å². The average molecular weight is 330 g/mol. The molecule has 2 heterocycles. The summed E-state index contributed by atoms with van der Waals surface area (Å²) in [5, 5.41) is 2.85. The smallest absolute Gasteiger partial charge is 0.356 e. The van der Waals surface area contributed by atoms with Crippen LogP contribution >= 0.6 is 0 Å². The summed E-state index contributed by atoms with van der Waals surface area (Å²) >= 11 is 0. The summed E-state index contributed by atoms with van der Waals surface area (Å²) in [5.74, 6) is -1.20. The fourth-order valence-electron chi connectivity index (χ4n) is 3.57. The first-order chi connectivity index (χ1) is 10.8. The molecule has 2 aliphatic rings. The Morgan fingerprint density at radius 2 is 2.04 bits per heavy atom. The summed E-state index contributed by atoms with van der Waals surface area (Å²) in [7, 11) is 0. The van der Waals surface area contributed by atoms with Crippen molar-refractivity contribution in [3.05, 3.63) is 35.1 Å². The fourth-order valence-corrected chi connectivity index (χ4v) is 3.57. The van der Waals surface area contributed by atoms with Gasteiger partial charge in [-0.1, -0.05) is 12.1 Å². The van der Waals surface area contributed by atoms with Crippen LogP contribution in [0.5, 0.6) is 0 Å². The monoisotopic (exact) mass is 330 g/mol. The van der Waals surface area contributed by atoms with E-state index in [1.807, 2.05) is 4.90 Å². The number of piperidine rings is 1. The molecule has 0 saturated carbocycles. The van der Waals surface area contributed by atoms with Crippen LogP contribution in [0.1, 0.15) is 30.4 Å². The number of hydrogen-bond donors (Lipinski definition) is 1. The van der Waals surface area contributed by atoms with Crippen molar-refractivity contribution in [3.8, 4) is 0 Å². The van der Waals surface area contributed by atoms with Crippen LogP contribution in [-0.4, -0.2) is 30.4 Å². The van der Waals surface area contributed by atoms with Crippen molar-refractivity contribution in [1.82, 2.24) is 10.2 Å². The molecule has 0 aromatic heterocycles. The summed E-state index contributed by atoms with van der Waals surface area (Å²) < 4.78 is 52.4. The highest BCUT2D eigenvalue weighted by molar-refractivity contribution is 5.84. The Balaban J connectivity index is 1.75. The third-order valence-corrected chi connectivity index (χ3v) is 4.81. The number of amides is 1. The van der Waals surface area contributed by atoms with Gasteiger partial charge in [-0.25, -0.2) is 4.39 Å². The molecule has 1 amide bonds. The average Bonchev–Trinajstić information content (AvgIpc) is 2.87. The highest BCUT2D eigenvalue weighted by Crippen LogP contribution is 2.38. The van der Waals surface area contributed by atoms with E-state index in [0.717, 1.165) is 18.9 Å². The molecule has 1 spiro atoms. The zero-order valence-corrected chi connectivity index (χ0v) is 12.5. The zero-order chi connectivity index (χ0) is 16.7. The SMILES string of the molecule is O=C1NCCC[C@]12CCN(Cc1cccc(C(F)(F)F)c1F)C2. The van der Waals surface area contributed by atoms with Crippen LogP contribution in [0.4, 0.5) is 17.6 Å². The molecule has 0 unspecified atom stereocenters. The second-order valence-electron chi connectivity index (χ2n) is 6.38. The number of rotatable bonds is 2. The lowest BCUT2D eigenvalue weighted by atomic mass is 9.79. The van der Waals surface area contributed by atoms with Crippen LogP contribution in [0.25, 0.3) is 0 Å². The van der Waals surface area contributed by atoms with E-state index in [0.29, 0.717) is 26.1 Å². The van der Waals surface area contributed by atoms with Gasteiger partial charge < -0.3 is 5.32 Å². The molecule has 1 aromatic carbocycles. The molecule has 0 aliphatic carbocycles. The van der Waals surface area contributed by atoms with E-state index in [4.69, 9.17) is 0 Å². The Morgan fingerprint density at radius 3 is 2.74 bits per heavy atom. The highest BCUT2D eigenvalue weighted by Gasteiger charge is 2.45. The first-order valence-corrected chi connectivity index (χ1v) is 7.67. The largest absolute Gasteiger partial charge is 0.419 e. The normalized spacial score (nSPS) is 25.8. The van der Waals surface area contributed by atoms with Crippen LogP contribution < -0.4 is 5.32 Å². The second-order valence-corrected chi connectivity index (χ2v) is 6.38. The summed E-state index contributed by atoms with van der Waals surface area (Å²) in [6, 6.07) is 3.34. The van der Waals surface area contributed by atoms with Gasteiger partial charge in [0.25, 0.3) is 0 Å². The molecule has 0 radical (unpaired) electrons. The van der Waals surface area contributed by atoms with Gasteiger partial charge >= 0.3 is 6.18 Å². The number of carbonyl (C=O) groups excluding carboxylic acids is 1. The van der Waals surface area contributed by atoms with E-state index in [1.165, 1.54) is 12.1 Å². The van der Waals surface area contributed by atoms with E-state index in [9.17, 15) is 22.4 Å². The number of benzene rings is 1. The van der Waals surface area contributed by atoms with Crippen LogP contribution in [0.15, 0.2) is 18.2 Å². The van der Waals surface area contributed by atoms with Gasteiger partial charge in [0, 0.05) is 25.2 Å². The minimum Gasteiger partial charge on any atom is -0.356 e. The number of halogens is 4. The topological polar surface area (TPSA) is 32.3 Å². The van der Waals surface area contributed by atoms with Crippen molar-refractivity contribution in [2.24, 2.45) is 5.41 Å². The number of hydrogen-bond acceptors (Lipinski definition) is 2. The van der Waals surface area contributed by atoms with Crippen molar-refractivity contribution >= 4 is 5.91 Å². The molecule has 0 bridgehead atoms. The minimum atomic E-state index is -4.70. The number of carbonyl (C=O) groups is 1. The lowest BCUT2D eigenvalue weighted by molar-refractivity contribution is -0.140. The molecular weight excluding hydrogens is 312 g/mol. The van der Waals surface area contributed by atoms with Crippen molar-refractivity contribution < 1.29 is 22.4 Å². The van der Waals surface area contributed by atoms with E-state index in [1.54, 1.807) is 0 Å². The molecule has 1 atom stereocenters. The van der Waals surface area contributed by atoms with Crippen LogP contribution in [0.2, 0.25) is 0 Å². The van der Waals surface area contributed by atoms with E-state index in [2.05, 4.69) is 5.32 Å². The van der Waals surface area contributed by atoms with Gasteiger partial charge in [0.1, 0.15) is 5.82 Å². The van der Waals surface area contributed by atoms with Gasteiger partial charge in [-0.2, -0.15) is 13.2 Å². The van der Waals surface area contributed by atoms with Crippen LogP contribution in [0.3, 0.4) is 0 Å².